The molecule has 2 N–H and O–H groups in total. The smallest absolute Gasteiger partial charge is 0.101 e. The maximum Gasteiger partial charge on any atom is 0.101 e. The van der Waals surface area contributed by atoms with E-state index in [1.54, 1.807) is 11.3 Å². The van der Waals surface area contributed by atoms with Gasteiger partial charge in [-0.15, -0.1) is 11.3 Å². The van der Waals surface area contributed by atoms with Crippen LogP contribution in [0.3, 0.4) is 0 Å². The summed E-state index contributed by atoms with van der Waals surface area (Å²) in [6, 6.07) is 2.08. The van der Waals surface area contributed by atoms with Crippen LogP contribution in [0.15, 0.2) is 11.4 Å². The van der Waals surface area contributed by atoms with Crippen LogP contribution < -0.4 is 5.32 Å². The molecule has 0 spiro atoms. The van der Waals surface area contributed by atoms with Crippen molar-refractivity contribution >= 4 is 11.3 Å². The minimum atomic E-state index is -0.343. The third-order valence-electron chi connectivity index (χ3n) is 1.86. The highest BCUT2D eigenvalue weighted by Gasteiger charge is 2.11. The van der Waals surface area contributed by atoms with Crippen LogP contribution >= 0.6 is 11.3 Å². The Hall–Kier alpha value is -0.380. The van der Waals surface area contributed by atoms with Crippen molar-refractivity contribution in [2.75, 3.05) is 13.6 Å². The van der Waals surface area contributed by atoms with E-state index in [1.165, 1.54) is 5.56 Å². The van der Waals surface area contributed by atoms with Crippen molar-refractivity contribution in [2.45, 2.75) is 19.4 Å². The van der Waals surface area contributed by atoms with Gasteiger partial charge in [-0.05, 0) is 30.5 Å². The maximum atomic E-state index is 9.67. The summed E-state index contributed by atoms with van der Waals surface area (Å²) in [6.45, 7) is 2.74. The second-order valence-corrected chi connectivity index (χ2v) is 3.68. The molecule has 0 aliphatic rings. The molecule has 1 atom stereocenters. The molecule has 0 bridgehead atoms. The molecule has 0 amide bonds. The first-order valence-corrected chi connectivity index (χ1v) is 5.06. The van der Waals surface area contributed by atoms with Gasteiger partial charge in [0.05, 0.1) is 0 Å². The highest BCUT2D eigenvalue weighted by molar-refractivity contribution is 7.10. The van der Waals surface area contributed by atoms with Gasteiger partial charge < -0.3 is 10.4 Å². The molecule has 1 heterocycles. The Morgan fingerprint density at radius 1 is 1.67 bits per heavy atom. The Morgan fingerprint density at radius 3 is 3.00 bits per heavy atom. The van der Waals surface area contributed by atoms with Crippen molar-refractivity contribution < 1.29 is 5.11 Å². The van der Waals surface area contributed by atoms with Crippen molar-refractivity contribution in [1.29, 1.82) is 0 Å². The molecular formula is C9H15NOS. The van der Waals surface area contributed by atoms with E-state index in [2.05, 4.69) is 18.3 Å². The number of aryl methyl sites for hydroxylation is 1. The zero-order valence-electron chi connectivity index (χ0n) is 7.50. The minimum Gasteiger partial charge on any atom is -0.386 e. The number of likely N-dealkylation sites (N-methyl/N-ethyl adjacent to an activating group) is 1. The molecule has 1 aromatic rings. The molecule has 1 unspecified atom stereocenters. The normalized spacial score (nSPS) is 13.2. The van der Waals surface area contributed by atoms with Gasteiger partial charge in [-0.2, -0.15) is 0 Å². The van der Waals surface area contributed by atoms with E-state index in [4.69, 9.17) is 0 Å². The van der Waals surface area contributed by atoms with Crippen molar-refractivity contribution in [1.82, 2.24) is 5.32 Å². The number of nitrogens with one attached hydrogen (secondary N) is 1. The Labute approximate surface area is 77.2 Å². The Balaban J connectivity index is 2.71. The van der Waals surface area contributed by atoms with Crippen molar-refractivity contribution in [2.24, 2.45) is 0 Å². The van der Waals surface area contributed by atoms with Crippen LogP contribution in [-0.4, -0.2) is 18.7 Å². The number of hydrogen-bond acceptors (Lipinski definition) is 3. The van der Waals surface area contributed by atoms with Gasteiger partial charge in [0.2, 0.25) is 0 Å². The van der Waals surface area contributed by atoms with Gasteiger partial charge in [0, 0.05) is 11.4 Å². The monoisotopic (exact) mass is 185 g/mol. The van der Waals surface area contributed by atoms with Crippen LogP contribution in [0.4, 0.5) is 0 Å². The van der Waals surface area contributed by atoms with Crippen LogP contribution in [0, 0.1) is 0 Å². The minimum absolute atomic E-state index is 0.343. The van der Waals surface area contributed by atoms with E-state index in [0.29, 0.717) is 6.54 Å². The zero-order chi connectivity index (χ0) is 8.97. The lowest BCUT2D eigenvalue weighted by molar-refractivity contribution is 0.180. The molecule has 12 heavy (non-hydrogen) atoms. The quantitative estimate of drug-likeness (QED) is 0.746. The van der Waals surface area contributed by atoms with Gasteiger partial charge >= 0.3 is 0 Å². The fraction of sp³-hybridized carbons (Fsp3) is 0.556. The number of rotatable bonds is 4. The first-order valence-electron chi connectivity index (χ1n) is 4.18. The largest absolute Gasteiger partial charge is 0.386 e. The van der Waals surface area contributed by atoms with Crippen LogP contribution in [-0.2, 0) is 6.42 Å². The molecule has 0 aromatic carbocycles. The SMILES string of the molecule is CCc1ccsc1C(O)CNC. The molecule has 0 saturated carbocycles. The highest BCUT2D eigenvalue weighted by Crippen LogP contribution is 2.24. The third kappa shape index (κ3) is 2.06. The lowest BCUT2D eigenvalue weighted by Crippen LogP contribution is -2.16. The molecule has 0 radical (unpaired) electrons. The molecule has 1 aromatic heterocycles. The summed E-state index contributed by atoms with van der Waals surface area (Å²) < 4.78 is 0. The van der Waals surface area contributed by atoms with Gasteiger partial charge in [0.1, 0.15) is 6.10 Å². The number of aliphatic hydroxyl groups is 1. The summed E-state index contributed by atoms with van der Waals surface area (Å²) in [5, 5.41) is 14.7. The van der Waals surface area contributed by atoms with Crippen LogP contribution in [0.1, 0.15) is 23.5 Å². The Bertz CT molecular complexity index is 234. The lowest BCUT2D eigenvalue weighted by atomic mass is 10.1. The highest BCUT2D eigenvalue weighted by atomic mass is 32.1. The van der Waals surface area contributed by atoms with E-state index >= 15 is 0 Å². The summed E-state index contributed by atoms with van der Waals surface area (Å²) in [6.07, 6.45) is 0.657. The summed E-state index contributed by atoms with van der Waals surface area (Å²) in [5.41, 5.74) is 1.27. The molecule has 3 heteroatoms. The summed E-state index contributed by atoms with van der Waals surface area (Å²) in [7, 11) is 1.85. The topological polar surface area (TPSA) is 32.3 Å². The van der Waals surface area contributed by atoms with Gasteiger partial charge in [-0.1, -0.05) is 6.92 Å². The van der Waals surface area contributed by atoms with Gasteiger partial charge in [0.25, 0.3) is 0 Å². The standard InChI is InChI=1S/C9H15NOS/c1-3-7-4-5-12-9(7)8(11)6-10-2/h4-5,8,10-11H,3,6H2,1-2H3. The van der Waals surface area contributed by atoms with Crippen LogP contribution in [0.25, 0.3) is 0 Å². The molecule has 1 rings (SSSR count). The predicted molar refractivity (Wildman–Crippen MR) is 52.6 cm³/mol. The second kappa shape index (κ2) is 4.60. The van der Waals surface area contributed by atoms with Crippen LogP contribution in [0.5, 0.6) is 0 Å². The van der Waals surface area contributed by atoms with Crippen molar-refractivity contribution in [3.8, 4) is 0 Å². The van der Waals surface area contributed by atoms with E-state index in [0.717, 1.165) is 11.3 Å². The van der Waals surface area contributed by atoms with Crippen LogP contribution in [0.2, 0.25) is 0 Å². The van der Waals surface area contributed by atoms with Gasteiger partial charge in [-0.25, -0.2) is 0 Å². The average molecular weight is 185 g/mol. The Kier molecular flexibility index (Phi) is 3.72. The molecule has 2 nitrogen and oxygen atoms in total. The van der Waals surface area contributed by atoms with Gasteiger partial charge in [-0.3, -0.25) is 0 Å². The molecule has 0 aliphatic heterocycles. The van der Waals surface area contributed by atoms with E-state index in [1.807, 2.05) is 12.4 Å². The third-order valence-corrected chi connectivity index (χ3v) is 2.92. The lowest BCUT2D eigenvalue weighted by Gasteiger charge is -2.09. The zero-order valence-corrected chi connectivity index (χ0v) is 8.32. The predicted octanol–water partition coefficient (Wildman–Crippen LogP) is 1.56. The van der Waals surface area contributed by atoms with E-state index in [-0.39, 0.29) is 6.10 Å². The van der Waals surface area contributed by atoms with Crippen molar-refractivity contribution in [3.63, 3.8) is 0 Å². The number of thiophene rings is 1. The number of hydrogen-bond donors (Lipinski definition) is 2. The van der Waals surface area contributed by atoms with E-state index < -0.39 is 0 Å². The molecular weight excluding hydrogens is 170 g/mol. The first-order chi connectivity index (χ1) is 5.79. The first kappa shape index (κ1) is 9.71. The fourth-order valence-corrected chi connectivity index (χ4v) is 2.20. The number of aliphatic hydroxyl groups excluding tert-OH is 1. The van der Waals surface area contributed by atoms with Crippen molar-refractivity contribution in [3.05, 3.63) is 21.9 Å². The van der Waals surface area contributed by atoms with Gasteiger partial charge in [0.15, 0.2) is 0 Å². The summed E-state index contributed by atoms with van der Waals surface area (Å²) >= 11 is 1.63. The van der Waals surface area contributed by atoms with E-state index in [9.17, 15) is 5.11 Å². The molecule has 68 valence electrons. The maximum absolute atomic E-state index is 9.67. The summed E-state index contributed by atoms with van der Waals surface area (Å²) in [4.78, 5) is 1.10. The Morgan fingerprint density at radius 2 is 2.42 bits per heavy atom. The average Bonchev–Trinajstić information content (AvgIpc) is 2.51. The molecule has 0 saturated heterocycles. The molecule has 0 fully saturated rings. The summed E-state index contributed by atoms with van der Waals surface area (Å²) in [5.74, 6) is 0. The molecule has 0 aliphatic carbocycles. The fourth-order valence-electron chi connectivity index (χ4n) is 1.22. The second-order valence-electron chi connectivity index (χ2n) is 2.74.